The third kappa shape index (κ3) is 4.19. The van der Waals surface area contributed by atoms with Crippen LogP contribution in [0.3, 0.4) is 0 Å². The van der Waals surface area contributed by atoms with E-state index < -0.39 is 0 Å². The van der Waals surface area contributed by atoms with Crippen LogP contribution in [0.5, 0.6) is 0 Å². The number of pyridine rings is 1. The summed E-state index contributed by atoms with van der Waals surface area (Å²) in [5, 5.41) is 0.772. The van der Waals surface area contributed by atoms with Gasteiger partial charge >= 0.3 is 0 Å². The summed E-state index contributed by atoms with van der Waals surface area (Å²) < 4.78 is 0. The van der Waals surface area contributed by atoms with Crippen molar-refractivity contribution in [1.82, 2.24) is 4.98 Å². The molecule has 0 bridgehead atoms. The molecule has 0 fully saturated rings. The van der Waals surface area contributed by atoms with Crippen molar-refractivity contribution in [2.24, 2.45) is 5.73 Å². The molecule has 4 heteroatoms. The van der Waals surface area contributed by atoms with E-state index in [2.05, 4.69) is 23.0 Å². The van der Waals surface area contributed by atoms with Gasteiger partial charge in [-0.15, -0.1) is 0 Å². The SMILES string of the molecule is Cc1cccc(CN(C)c2cccc(Cl)c2CC(C)N)n1. The fraction of sp³-hybridized carbons (Fsp3) is 0.353. The first-order chi connectivity index (χ1) is 9.97. The molecule has 0 radical (unpaired) electrons. The van der Waals surface area contributed by atoms with Gasteiger partial charge in [-0.1, -0.05) is 23.7 Å². The number of hydrogen-bond acceptors (Lipinski definition) is 3. The standard InChI is InChI=1S/C17H22ClN3/c1-12(19)10-15-16(18)8-5-9-17(15)21(3)11-14-7-4-6-13(2)20-14/h4-9,12H,10-11,19H2,1-3H3. The first-order valence-corrected chi connectivity index (χ1v) is 7.52. The quantitative estimate of drug-likeness (QED) is 0.918. The van der Waals surface area contributed by atoms with E-state index in [0.717, 1.165) is 40.6 Å². The average molecular weight is 304 g/mol. The van der Waals surface area contributed by atoms with Crippen LogP contribution in [0.2, 0.25) is 5.02 Å². The Hall–Kier alpha value is -1.58. The van der Waals surface area contributed by atoms with Crippen molar-refractivity contribution in [3.63, 3.8) is 0 Å². The van der Waals surface area contributed by atoms with Gasteiger partial charge in [0.2, 0.25) is 0 Å². The summed E-state index contributed by atoms with van der Waals surface area (Å²) in [5.41, 5.74) is 10.2. The number of halogens is 1. The fourth-order valence-electron chi connectivity index (χ4n) is 2.44. The Balaban J connectivity index is 2.26. The minimum Gasteiger partial charge on any atom is -0.368 e. The van der Waals surface area contributed by atoms with Crippen LogP contribution in [0, 0.1) is 6.92 Å². The Morgan fingerprint density at radius 3 is 2.62 bits per heavy atom. The maximum Gasteiger partial charge on any atom is 0.0600 e. The van der Waals surface area contributed by atoms with E-state index >= 15 is 0 Å². The molecule has 0 saturated carbocycles. The average Bonchev–Trinajstić information content (AvgIpc) is 2.40. The van der Waals surface area contributed by atoms with Gasteiger partial charge in [0.25, 0.3) is 0 Å². The van der Waals surface area contributed by atoms with Gasteiger partial charge in [0.15, 0.2) is 0 Å². The molecule has 0 spiro atoms. The number of anilines is 1. The van der Waals surface area contributed by atoms with Crippen molar-refractivity contribution in [3.05, 3.63) is 58.4 Å². The molecule has 2 aromatic rings. The van der Waals surface area contributed by atoms with Crippen LogP contribution in [-0.2, 0) is 13.0 Å². The lowest BCUT2D eigenvalue weighted by atomic mass is 10.0. The van der Waals surface area contributed by atoms with Gasteiger partial charge in [-0.25, -0.2) is 0 Å². The molecule has 1 aromatic heterocycles. The molecule has 0 saturated heterocycles. The third-order valence-electron chi connectivity index (χ3n) is 3.38. The van der Waals surface area contributed by atoms with Gasteiger partial charge in [-0.05, 0) is 50.1 Å². The number of aryl methyl sites for hydroxylation is 1. The number of aromatic nitrogens is 1. The summed E-state index contributed by atoms with van der Waals surface area (Å²) in [4.78, 5) is 6.72. The van der Waals surface area contributed by atoms with Crippen LogP contribution in [0.4, 0.5) is 5.69 Å². The highest BCUT2D eigenvalue weighted by atomic mass is 35.5. The van der Waals surface area contributed by atoms with Crippen molar-refractivity contribution in [2.75, 3.05) is 11.9 Å². The molecule has 0 aliphatic carbocycles. The highest BCUT2D eigenvalue weighted by Crippen LogP contribution is 2.28. The molecule has 0 amide bonds. The molecule has 112 valence electrons. The normalized spacial score (nSPS) is 12.2. The zero-order chi connectivity index (χ0) is 15.4. The van der Waals surface area contributed by atoms with Crippen LogP contribution >= 0.6 is 11.6 Å². The molecule has 0 aliphatic rings. The van der Waals surface area contributed by atoms with E-state index in [1.54, 1.807) is 0 Å². The number of nitrogens with two attached hydrogens (primary N) is 1. The summed E-state index contributed by atoms with van der Waals surface area (Å²) in [6.07, 6.45) is 0.764. The Morgan fingerprint density at radius 1 is 1.24 bits per heavy atom. The van der Waals surface area contributed by atoms with Crippen LogP contribution in [0.15, 0.2) is 36.4 Å². The Bertz CT molecular complexity index is 611. The molecule has 0 aliphatic heterocycles. The topological polar surface area (TPSA) is 42.1 Å². The lowest BCUT2D eigenvalue weighted by Crippen LogP contribution is -2.23. The Kier molecular flexibility index (Phi) is 5.21. The smallest absolute Gasteiger partial charge is 0.0600 e. The van der Waals surface area contributed by atoms with Gasteiger partial charge in [0.05, 0.1) is 12.2 Å². The first-order valence-electron chi connectivity index (χ1n) is 7.14. The second kappa shape index (κ2) is 6.92. The fourth-order valence-corrected chi connectivity index (χ4v) is 2.69. The van der Waals surface area contributed by atoms with Gasteiger partial charge in [0.1, 0.15) is 0 Å². The minimum atomic E-state index is 0.0779. The van der Waals surface area contributed by atoms with E-state index in [-0.39, 0.29) is 6.04 Å². The minimum absolute atomic E-state index is 0.0779. The monoisotopic (exact) mass is 303 g/mol. The van der Waals surface area contributed by atoms with Crippen LogP contribution in [0.1, 0.15) is 23.9 Å². The molecule has 2 N–H and O–H groups in total. The third-order valence-corrected chi connectivity index (χ3v) is 3.73. The molecule has 1 unspecified atom stereocenters. The van der Waals surface area contributed by atoms with Crippen molar-refractivity contribution >= 4 is 17.3 Å². The highest BCUT2D eigenvalue weighted by Gasteiger charge is 2.13. The van der Waals surface area contributed by atoms with Gasteiger partial charge in [0, 0.05) is 29.5 Å². The summed E-state index contributed by atoms with van der Waals surface area (Å²) >= 11 is 6.35. The number of benzene rings is 1. The molecule has 2 rings (SSSR count). The van der Waals surface area contributed by atoms with Crippen molar-refractivity contribution in [3.8, 4) is 0 Å². The molecule has 1 heterocycles. The zero-order valence-corrected chi connectivity index (χ0v) is 13.6. The predicted octanol–water partition coefficient (Wildman–Crippen LogP) is 3.57. The van der Waals surface area contributed by atoms with Crippen LogP contribution < -0.4 is 10.6 Å². The summed E-state index contributed by atoms with van der Waals surface area (Å²) in [6.45, 7) is 4.74. The van der Waals surface area contributed by atoms with Gasteiger partial charge < -0.3 is 10.6 Å². The van der Waals surface area contributed by atoms with E-state index in [1.807, 2.05) is 44.2 Å². The first kappa shape index (κ1) is 15.8. The van der Waals surface area contributed by atoms with E-state index in [0.29, 0.717) is 0 Å². The summed E-state index contributed by atoms with van der Waals surface area (Å²) in [7, 11) is 2.06. The van der Waals surface area contributed by atoms with E-state index in [4.69, 9.17) is 17.3 Å². The molecule has 21 heavy (non-hydrogen) atoms. The second-order valence-corrected chi connectivity index (χ2v) is 5.95. The second-order valence-electron chi connectivity index (χ2n) is 5.55. The Labute approximate surface area is 131 Å². The molecule has 3 nitrogen and oxygen atoms in total. The lowest BCUT2D eigenvalue weighted by Gasteiger charge is -2.24. The molecule has 1 aromatic carbocycles. The predicted molar refractivity (Wildman–Crippen MR) is 89.9 cm³/mol. The van der Waals surface area contributed by atoms with Gasteiger partial charge in [-0.2, -0.15) is 0 Å². The van der Waals surface area contributed by atoms with E-state index in [1.165, 1.54) is 0 Å². The summed E-state index contributed by atoms with van der Waals surface area (Å²) in [6, 6.07) is 12.1. The van der Waals surface area contributed by atoms with Crippen LogP contribution in [0.25, 0.3) is 0 Å². The largest absolute Gasteiger partial charge is 0.368 e. The van der Waals surface area contributed by atoms with Crippen LogP contribution in [-0.4, -0.2) is 18.1 Å². The van der Waals surface area contributed by atoms with Gasteiger partial charge in [-0.3, -0.25) is 4.98 Å². The lowest BCUT2D eigenvalue weighted by molar-refractivity contribution is 0.733. The number of nitrogens with zero attached hydrogens (tertiary/aromatic N) is 2. The van der Waals surface area contributed by atoms with E-state index in [9.17, 15) is 0 Å². The maximum absolute atomic E-state index is 6.35. The summed E-state index contributed by atoms with van der Waals surface area (Å²) in [5.74, 6) is 0. The Morgan fingerprint density at radius 2 is 1.95 bits per heavy atom. The molecular formula is C17H22ClN3. The molecule has 1 atom stereocenters. The molecular weight excluding hydrogens is 282 g/mol. The highest BCUT2D eigenvalue weighted by molar-refractivity contribution is 6.31. The zero-order valence-electron chi connectivity index (χ0n) is 12.8. The van der Waals surface area contributed by atoms with Crippen molar-refractivity contribution in [2.45, 2.75) is 32.9 Å². The van der Waals surface area contributed by atoms with Crippen molar-refractivity contribution < 1.29 is 0 Å². The maximum atomic E-state index is 6.35. The number of rotatable bonds is 5. The van der Waals surface area contributed by atoms with Crippen molar-refractivity contribution in [1.29, 1.82) is 0 Å². The number of hydrogen-bond donors (Lipinski definition) is 1.